The predicted molar refractivity (Wildman–Crippen MR) is 111 cm³/mol. The zero-order chi connectivity index (χ0) is 19.4. The van der Waals surface area contributed by atoms with Crippen molar-refractivity contribution < 1.29 is 4.79 Å². The number of hydrogen-bond donors (Lipinski definition) is 1. The Labute approximate surface area is 164 Å². The Morgan fingerprint density at radius 2 is 1.81 bits per heavy atom. The summed E-state index contributed by atoms with van der Waals surface area (Å²) in [5.41, 5.74) is 5.66. The summed E-state index contributed by atoms with van der Waals surface area (Å²) >= 11 is 6.11. The van der Waals surface area contributed by atoms with Crippen molar-refractivity contribution in [2.45, 2.75) is 27.3 Å². The van der Waals surface area contributed by atoms with Gasteiger partial charge in [-0.2, -0.15) is 5.10 Å². The molecule has 138 valence electrons. The summed E-state index contributed by atoms with van der Waals surface area (Å²) < 4.78 is 1.91. The quantitative estimate of drug-likeness (QED) is 0.622. The Hall–Kier alpha value is -2.85. The molecule has 0 saturated carbocycles. The molecule has 3 aromatic rings. The molecule has 1 heterocycles. The van der Waals surface area contributed by atoms with Crippen molar-refractivity contribution in [3.63, 3.8) is 0 Å². The van der Waals surface area contributed by atoms with Crippen molar-refractivity contribution >= 4 is 29.3 Å². The molecule has 0 aliphatic carbocycles. The molecule has 0 radical (unpaired) electrons. The van der Waals surface area contributed by atoms with E-state index in [2.05, 4.69) is 41.6 Å². The third-order valence-electron chi connectivity index (χ3n) is 4.40. The molecule has 27 heavy (non-hydrogen) atoms. The van der Waals surface area contributed by atoms with Gasteiger partial charge in [-0.05, 0) is 44.0 Å². The monoisotopic (exact) mass is 379 g/mol. The number of carbonyl (C=O) groups excluding carboxylic acids is 1. The lowest BCUT2D eigenvalue weighted by Gasteiger charge is -2.06. The normalized spacial score (nSPS) is 11.1. The third kappa shape index (κ3) is 4.66. The van der Waals surface area contributed by atoms with Crippen LogP contribution in [0.1, 0.15) is 28.1 Å². The highest BCUT2D eigenvalue weighted by atomic mass is 35.5. The maximum absolute atomic E-state index is 12.3. The van der Waals surface area contributed by atoms with Crippen LogP contribution >= 0.6 is 11.6 Å². The van der Waals surface area contributed by atoms with Crippen LogP contribution in [0.3, 0.4) is 0 Å². The SMILES string of the molecule is Cc1ccc(Cn2nc(C)c(NC(=O)/C=C/c3ccccc3Cl)c2C)cc1. The van der Waals surface area contributed by atoms with Crippen molar-refractivity contribution in [2.24, 2.45) is 0 Å². The second-order valence-electron chi connectivity index (χ2n) is 6.53. The van der Waals surface area contributed by atoms with E-state index < -0.39 is 0 Å². The Balaban J connectivity index is 1.73. The summed E-state index contributed by atoms with van der Waals surface area (Å²) in [5.74, 6) is -0.212. The van der Waals surface area contributed by atoms with Crippen LogP contribution in [0.15, 0.2) is 54.6 Å². The summed E-state index contributed by atoms with van der Waals surface area (Å²) in [6.07, 6.45) is 3.19. The van der Waals surface area contributed by atoms with E-state index in [9.17, 15) is 4.79 Å². The fourth-order valence-electron chi connectivity index (χ4n) is 2.84. The van der Waals surface area contributed by atoms with E-state index in [0.29, 0.717) is 11.6 Å². The van der Waals surface area contributed by atoms with Gasteiger partial charge in [-0.3, -0.25) is 9.48 Å². The molecule has 0 spiro atoms. The first-order valence-corrected chi connectivity index (χ1v) is 9.15. The van der Waals surface area contributed by atoms with Gasteiger partial charge in [0, 0.05) is 11.1 Å². The molecule has 0 aliphatic rings. The number of benzene rings is 2. The molecular formula is C22H22ClN3O. The van der Waals surface area contributed by atoms with E-state index in [-0.39, 0.29) is 5.91 Å². The van der Waals surface area contributed by atoms with Crippen molar-refractivity contribution in [1.29, 1.82) is 0 Å². The number of nitrogens with zero attached hydrogens (tertiary/aromatic N) is 2. The minimum absolute atomic E-state index is 0.212. The molecule has 0 bridgehead atoms. The van der Waals surface area contributed by atoms with Crippen molar-refractivity contribution in [1.82, 2.24) is 9.78 Å². The number of aryl methyl sites for hydroxylation is 2. The first kappa shape index (κ1) is 18.9. The van der Waals surface area contributed by atoms with Gasteiger partial charge in [0.15, 0.2) is 0 Å². The molecule has 0 unspecified atom stereocenters. The highest BCUT2D eigenvalue weighted by Crippen LogP contribution is 2.21. The minimum atomic E-state index is -0.212. The lowest BCUT2D eigenvalue weighted by molar-refractivity contribution is -0.111. The molecule has 5 heteroatoms. The Kier molecular flexibility index (Phi) is 5.77. The number of amides is 1. The summed E-state index contributed by atoms with van der Waals surface area (Å²) in [7, 11) is 0. The van der Waals surface area contributed by atoms with Gasteiger partial charge in [0.05, 0.1) is 23.6 Å². The molecular weight excluding hydrogens is 358 g/mol. The van der Waals surface area contributed by atoms with Crippen LogP contribution in [0.25, 0.3) is 6.08 Å². The lowest BCUT2D eigenvalue weighted by atomic mass is 10.1. The molecule has 1 aromatic heterocycles. The highest BCUT2D eigenvalue weighted by molar-refractivity contribution is 6.32. The Bertz CT molecular complexity index is 987. The Morgan fingerprint density at radius 1 is 1.11 bits per heavy atom. The second-order valence-corrected chi connectivity index (χ2v) is 6.94. The minimum Gasteiger partial charge on any atom is -0.319 e. The number of aromatic nitrogens is 2. The first-order valence-electron chi connectivity index (χ1n) is 8.77. The average Bonchev–Trinajstić information content (AvgIpc) is 2.90. The van der Waals surface area contributed by atoms with Gasteiger partial charge in [-0.1, -0.05) is 59.6 Å². The van der Waals surface area contributed by atoms with Crippen LogP contribution in [-0.4, -0.2) is 15.7 Å². The Morgan fingerprint density at radius 3 is 2.52 bits per heavy atom. The van der Waals surface area contributed by atoms with Gasteiger partial charge >= 0.3 is 0 Å². The van der Waals surface area contributed by atoms with E-state index in [1.165, 1.54) is 17.2 Å². The average molecular weight is 380 g/mol. The number of rotatable bonds is 5. The summed E-state index contributed by atoms with van der Waals surface area (Å²) in [5, 5.41) is 8.11. The van der Waals surface area contributed by atoms with E-state index >= 15 is 0 Å². The van der Waals surface area contributed by atoms with E-state index in [1.54, 1.807) is 12.1 Å². The van der Waals surface area contributed by atoms with Gasteiger partial charge in [0.2, 0.25) is 5.91 Å². The number of anilines is 1. The molecule has 1 N–H and O–H groups in total. The smallest absolute Gasteiger partial charge is 0.248 e. The van der Waals surface area contributed by atoms with Crippen molar-refractivity contribution in [3.05, 3.63) is 87.7 Å². The molecule has 0 aliphatic heterocycles. The fourth-order valence-corrected chi connectivity index (χ4v) is 3.04. The number of nitrogens with one attached hydrogen (secondary N) is 1. The van der Waals surface area contributed by atoms with E-state index in [4.69, 9.17) is 11.6 Å². The van der Waals surface area contributed by atoms with Gasteiger partial charge in [0.25, 0.3) is 0 Å². The maximum atomic E-state index is 12.3. The lowest BCUT2D eigenvalue weighted by Crippen LogP contribution is -2.10. The van der Waals surface area contributed by atoms with Crippen LogP contribution in [0.5, 0.6) is 0 Å². The summed E-state index contributed by atoms with van der Waals surface area (Å²) in [6.45, 7) is 6.59. The van der Waals surface area contributed by atoms with E-state index in [1.807, 2.05) is 36.7 Å². The second kappa shape index (κ2) is 8.23. The number of carbonyl (C=O) groups is 1. The van der Waals surface area contributed by atoms with Crippen molar-refractivity contribution in [2.75, 3.05) is 5.32 Å². The predicted octanol–water partition coefficient (Wildman–Crippen LogP) is 5.16. The zero-order valence-electron chi connectivity index (χ0n) is 15.7. The third-order valence-corrected chi connectivity index (χ3v) is 4.75. The van der Waals surface area contributed by atoms with Gasteiger partial charge in [-0.15, -0.1) is 0 Å². The number of halogens is 1. The van der Waals surface area contributed by atoms with E-state index in [0.717, 1.165) is 22.6 Å². The molecule has 0 fully saturated rings. The highest BCUT2D eigenvalue weighted by Gasteiger charge is 2.13. The standard InChI is InChI=1S/C22H22ClN3O/c1-15-8-10-18(11-9-15)14-26-17(3)22(16(2)25-26)24-21(27)13-12-19-6-4-5-7-20(19)23/h4-13H,14H2,1-3H3,(H,24,27)/b13-12+. The van der Waals surface area contributed by atoms with Crippen LogP contribution in [0.4, 0.5) is 5.69 Å². The van der Waals surface area contributed by atoms with Crippen LogP contribution in [-0.2, 0) is 11.3 Å². The largest absolute Gasteiger partial charge is 0.319 e. The van der Waals surface area contributed by atoms with Crippen molar-refractivity contribution in [3.8, 4) is 0 Å². The molecule has 0 atom stereocenters. The van der Waals surface area contributed by atoms with Gasteiger partial charge in [0.1, 0.15) is 0 Å². The molecule has 1 amide bonds. The maximum Gasteiger partial charge on any atom is 0.248 e. The summed E-state index contributed by atoms with van der Waals surface area (Å²) in [6, 6.07) is 15.8. The molecule has 2 aromatic carbocycles. The summed E-state index contributed by atoms with van der Waals surface area (Å²) in [4.78, 5) is 12.3. The van der Waals surface area contributed by atoms with Crippen LogP contribution < -0.4 is 5.32 Å². The van der Waals surface area contributed by atoms with Crippen LogP contribution in [0, 0.1) is 20.8 Å². The van der Waals surface area contributed by atoms with Gasteiger partial charge < -0.3 is 5.32 Å². The molecule has 4 nitrogen and oxygen atoms in total. The first-order chi connectivity index (χ1) is 12.9. The molecule has 0 saturated heterocycles. The zero-order valence-corrected chi connectivity index (χ0v) is 16.4. The topological polar surface area (TPSA) is 46.9 Å². The van der Waals surface area contributed by atoms with Crippen LogP contribution in [0.2, 0.25) is 5.02 Å². The van der Waals surface area contributed by atoms with Gasteiger partial charge in [-0.25, -0.2) is 0 Å². The fraction of sp³-hybridized carbons (Fsp3) is 0.182. The number of hydrogen-bond acceptors (Lipinski definition) is 2. The molecule has 3 rings (SSSR count).